The number of fused-ring (bicyclic) bond motifs is 1. The third-order valence-corrected chi connectivity index (χ3v) is 7.58. The lowest BCUT2D eigenvalue weighted by atomic mass is 9.83. The molecule has 32 heavy (non-hydrogen) atoms. The summed E-state index contributed by atoms with van der Waals surface area (Å²) in [6.07, 6.45) is 8.40. The summed E-state index contributed by atoms with van der Waals surface area (Å²) in [5.74, 6) is 1.67. The molecule has 0 N–H and O–H groups in total. The zero-order chi connectivity index (χ0) is 22.5. The lowest BCUT2D eigenvalue weighted by Gasteiger charge is -2.46. The second kappa shape index (κ2) is 10.9. The summed E-state index contributed by atoms with van der Waals surface area (Å²) in [4.78, 5) is 30.1. The van der Waals surface area contributed by atoms with Crippen LogP contribution < -0.4 is 4.90 Å². The Kier molecular flexibility index (Phi) is 8.00. The summed E-state index contributed by atoms with van der Waals surface area (Å²) < 4.78 is 5.39. The Bertz CT molecular complexity index is 750. The van der Waals surface area contributed by atoms with Crippen molar-refractivity contribution in [2.24, 2.45) is 11.8 Å². The Hall–Kier alpha value is -1.73. The van der Waals surface area contributed by atoms with Gasteiger partial charge in [0.15, 0.2) is 0 Å². The molecule has 0 radical (unpaired) electrons. The number of methoxy groups -OCH3 is 1. The van der Waals surface area contributed by atoms with Crippen molar-refractivity contribution in [2.75, 3.05) is 57.9 Å². The molecule has 7 nitrogen and oxygen atoms in total. The minimum absolute atomic E-state index is 0.0103. The first-order chi connectivity index (χ1) is 15.5. The maximum atomic E-state index is 13.7. The van der Waals surface area contributed by atoms with E-state index in [-0.39, 0.29) is 5.92 Å². The Morgan fingerprint density at radius 2 is 1.81 bits per heavy atom. The number of piperidine rings is 3. The third kappa shape index (κ3) is 5.60. The van der Waals surface area contributed by atoms with E-state index in [4.69, 9.17) is 4.74 Å². The van der Waals surface area contributed by atoms with Crippen LogP contribution >= 0.6 is 0 Å². The number of nitrogens with zero attached hydrogens (tertiary/aromatic N) is 5. The van der Waals surface area contributed by atoms with E-state index in [1.165, 1.54) is 45.2 Å². The Labute approximate surface area is 193 Å². The van der Waals surface area contributed by atoms with Crippen molar-refractivity contribution in [3.05, 3.63) is 17.5 Å². The molecule has 4 heterocycles. The summed E-state index contributed by atoms with van der Waals surface area (Å²) in [5, 5.41) is 0. The minimum Gasteiger partial charge on any atom is -0.383 e. The molecule has 1 unspecified atom stereocenters. The van der Waals surface area contributed by atoms with Gasteiger partial charge in [-0.05, 0) is 77.4 Å². The van der Waals surface area contributed by atoms with E-state index in [1.54, 1.807) is 7.11 Å². The van der Waals surface area contributed by atoms with Gasteiger partial charge in [-0.2, -0.15) is 0 Å². The van der Waals surface area contributed by atoms with Crippen LogP contribution in [0.1, 0.15) is 56.3 Å². The second-order valence-electron chi connectivity index (χ2n) is 10.0. The molecule has 178 valence electrons. The van der Waals surface area contributed by atoms with E-state index in [9.17, 15) is 4.79 Å². The van der Waals surface area contributed by atoms with Crippen molar-refractivity contribution in [2.45, 2.75) is 64.8 Å². The van der Waals surface area contributed by atoms with Crippen molar-refractivity contribution in [1.29, 1.82) is 0 Å². The Morgan fingerprint density at radius 3 is 2.59 bits per heavy atom. The molecular formula is C25H41N5O2. The van der Waals surface area contributed by atoms with Gasteiger partial charge in [-0.25, -0.2) is 9.97 Å². The summed E-state index contributed by atoms with van der Waals surface area (Å²) >= 11 is 0. The number of anilines is 1. The molecule has 0 saturated carbocycles. The number of hydrogen-bond donors (Lipinski definition) is 0. The van der Waals surface area contributed by atoms with Gasteiger partial charge in [-0.15, -0.1) is 0 Å². The van der Waals surface area contributed by atoms with Crippen LogP contribution in [0.15, 0.2) is 6.07 Å². The zero-order valence-corrected chi connectivity index (χ0v) is 20.3. The summed E-state index contributed by atoms with van der Waals surface area (Å²) in [5.41, 5.74) is 1.97. The number of rotatable bonds is 7. The largest absolute Gasteiger partial charge is 0.383 e. The Balaban J connectivity index is 1.44. The maximum Gasteiger partial charge on any atom is 0.227 e. The first-order valence-electron chi connectivity index (χ1n) is 12.6. The molecule has 4 rings (SSSR count). The monoisotopic (exact) mass is 443 g/mol. The van der Waals surface area contributed by atoms with Crippen LogP contribution in [0.25, 0.3) is 0 Å². The molecule has 7 heteroatoms. The van der Waals surface area contributed by atoms with Gasteiger partial charge < -0.3 is 19.4 Å². The number of aromatic nitrogens is 2. The predicted octanol–water partition coefficient (Wildman–Crippen LogP) is 3.05. The summed E-state index contributed by atoms with van der Waals surface area (Å²) in [7, 11) is 1.73. The second-order valence-corrected chi connectivity index (χ2v) is 10.0. The van der Waals surface area contributed by atoms with Crippen LogP contribution in [-0.4, -0.2) is 84.7 Å². The fourth-order valence-corrected chi connectivity index (χ4v) is 6.03. The van der Waals surface area contributed by atoms with Crippen LogP contribution in [0, 0.1) is 25.7 Å². The fourth-order valence-electron chi connectivity index (χ4n) is 6.03. The highest BCUT2D eigenvalue weighted by molar-refractivity contribution is 5.79. The quantitative estimate of drug-likeness (QED) is 0.646. The van der Waals surface area contributed by atoms with Gasteiger partial charge >= 0.3 is 0 Å². The number of amides is 1. The summed E-state index contributed by atoms with van der Waals surface area (Å²) in [6, 6.07) is 2.66. The van der Waals surface area contributed by atoms with Crippen LogP contribution in [0.2, 0.25) is 0 Å². The molecule has 3 fully saturated rings. The van der Waals surface area contributed by atoms with E-state index >= 15 is 0 Å². The van der Waals surface area contributed by atoms with E-state index in [2.05, 4.69) is 24.7 Å². The molecule has 3 aliphatic heterocycles. The molecule has 1 aromatic heterocycles. The van der Waals surface area contributed by atoms with E-state index in [1.807, 2.05) is 19.9 Å². The van der Waals surface area contributed by atoms with E-state index < -0.39 is 0 Å². The van der Waals surface area contributed by atoms with Crippen molar-refractivity contribution >= 4 is 11.9 Å². The van der Waals surface area contributed by atoms with Crippen molar-refractivity contribution in [3.63, 3.8) is 0 Å². The topological polar surface area (TPSA) is 61.8 Å². The number of carbonyl (C=O) groups is 1. The van der Waals surface area contributed by atoms with Crippen LogP contribution in [0.5, 0.6) is 0 Å². The molecule has 0 bridgehead atoms. The first kappa shape index (κ1) is 23.4. The summed E-state index contributed by atoms with van der Waals surface area (Å²) in [6.45, 7) is 10.3. The highest BCUT2D eigenvalue weighted by Gasteiger charge is 2.36. The molecule has 3 saturated heterocycles. The third-order valence-electron chi connectivity index (χ3n) is 7.58. The van der Waals surface area contributed by atoms with Crippen LogP contribution in [-0.2, 0) is 9.53 Å². The standard InChI is InChI=1S/C25H41N5O2/c1-19-16-20(2)27-25(26-19)30-13-7-9-22(18-30)24(31)29(14-15-32-3)17-21-8-6-12-28-11-5-4-10-23(21)28/h16,21-23H,4-15,17-18H2,1-3H3/t21-,22?,23+/m0/s1. The molecular weight excluding hydrogens is 402 g/mol. The van der Waals surface area contributed by atoms with Gasteiger partial charge in [0.2, 0.25) is 11.9 Å². The lowest BCUT2D eigenvalue weighted by molar-refractivity contribution is -0.138. The minimum atomic E-state index is 0.0103. The Morgan fingerprint density at radius 1 is 1.06 bits per heavy atom. The SMILES string of the molecule is COCCN(C[C@@H]1CCCN2CCCC[C@H]12)C(=O)C1CCCN(c2nc(C)cc(C)n2)C1. The number of aryl methyl sites for hydroxylation is 2. The van der Waals surface area contributed by atoms with Gasteiger partial charge in [0.25, 0.3) is 0 Å². The average molecular weight is 444 g/mol. The zero-order valence-electron chi connectivity index (χ0n) is 20.3. The molecule has 0 aromatic carbocycles. The van der Waals surface area contributed by atoms with Crippen LogP contribution in [0.3, 0.4) is 0 Å². The lowest BCUT2D eigenvalue weighted by Crippen LogP contribution is -2.53. The van der Waals surface area contributed by atoms with Crippen LogP contribution in [0.4, 0.5) is 5.95 Å². The maximum absolute atomic E-state index is 13.7. The van der Waals surface area contributed by atoms with Crippen molar-refractivity contribution < 1.29 is 9.53 Å². The molecule has 3 atom stereocenters. The van der Waals surface area contributed by atoms with Crippen molar-refractivity contribution in [3.8, 4) is 0 Å². The van der Waals surface area contributed by atoms with Gasteiger partial charge in [-0.3, -0.25) is 4.79 Å². The van der Waals surface area contributed by atoms with Gasteiger partial charge in [0.05, 0.1) is 12.5 Å². The molecule has 3 aliphatic rings. The predicted molar refractivity (Wildman–Crippen MR) is 127 cm³/mol. The van der Waals surface area contributed by atoms with Gasteiger partial charge in [-0.1, -0.05) is 6.42 Å². The number of hydrogen-bond acceptors (Lipinski definition) is 6. The first-order valence-corrected chi connectivity index (χ1v) is 12.6. The molecule has 1 aromatic rings. The highest BCUT2D eigenvalue weighted by Crippen LogP contribution is 2.32. The molecule has 1 amide bonds. The fraction of sp³-hybridized carbons (Fsp3) is 0.800. The van der Waals surface area contributed by atoms with Gasteiger partial charge in [0.1, 0.15) is 0 Å². The number of carbonyl (C=O) groups excluding carboxylic acids is 1. The molecule has 0 aliphatic carbocycles. The highest BCUT2D eigenvalue weighted by atomic mass is 16.5. The van der Waals surface area contributed by atoms with E-state index in [0.29, 0.717) is 37.6 Å². The van der Waals surface area contributed by atoms with Gasteiger partial charge in [0, 0.05) is 50.7 Å². The van der Waals surface area contributed by atoms with Crippen molar-refractivity contribution in [1.82, 2.24) is 19.8 Å². The van der Waals surface area contributed by atoms with E-state index in [0.717, 1.165) is 43.3 Å². The normalized spacial score (nSPS) is 26.6. The molecule has 0 spiro atoms. The smallest absolute Gasteiger partial charge is 0.227 e. The number of ether oxygens (including phenoxy) is 1. The average Bonchev–Trinajstić information content (AvgIpc) is 2.81.